The summed E-state index contributed by atoms with van der Waals surface area (Å²) in [5.41, 5.74) is 2.16. The molecular weight excluding hydrogens is 252 g/mol. The van der Waals surface area contributed by atoms with E-state index in [0.717, 1.165) is 30.9 Å². The van der Waals surface area contributed by atoms with E-state index in [-0.39, 0.29) is 12.2 Å². The molecular formula is C16H28N2O2. The number of nitrogens with zero attached hydrogens (tertiary/aromatic N) is 1. The number of aliphatic hydroxyl groups is 1. The van der Waals surface area contributed by atoms with Gasteiger partial charge in [0.05, 0.1) is 12.2 Å². The molecule has 0 atom stereocenters. The Morgan fingerprint density at radius 1 is 1.25 bits per heavy atom. The average Bonchev–Trinajstić information content (AvgIpc) is 2.45. The molecule has 4 nitrogen and oxygen atoms in total. The third-order valence-electron chi connectivity index (χ3n) is 3.59. The number of nitrogens with one attached hydrogen (secondary N) is 1. The maximum Gasteiger partial charge on any atom is 0.0639 e. The van der Waals surface area contributed by atoms with Crippen LogP contribution in [0.2, 0.25) is 0 Å². The van der Waals surface area contributed by atoms with Gasteiger partial charge in [-0.25, -0.2) is 0 Å². The highest BCUT2D eigenvalue weighted by Gasteiger charge is 2.15. The van der Waals surface area contributed by atoms with Crippen LogP contribution in [-0.4, -0.2) is 44.1 Å². The van der Waals surface area contributed by atoms with Crippen molar-refractivity contribution >= 4 is 11.4 Å². The first-order valence-corrected chi connectivity index (χ1v) is 7.27. The van der Waals surface area contributed by atoms with E-state index in [1.807, 2.05) is 0 Å². The molecule has 1 rings (SSSR count). The van der Waals surface area contributed by atoms with E-state index in [1.54, 1.807) is 7.11 Å². The van der Waals surface area contributed by atoms with Gasteiger partial charge in [0.15, 0.2) is 0 Å². The zero-order valence-corrected chi connectivity index (χ0v) is 13.1. The smallest absolute Gasteiger partial charge is 0.0639 e. The van der Waals surface area contributed by atoms with Crippen LogP contribution in [0.4, 0.5) is 11.4 Å². The summed E-state index contributed by atoms with van der Waals surface area (Å²) >= 11 is 0. The van der Waals surface area contributed by atoms with Crippen LogP contribution in [-0.2, 0) is 4.74 Å². The molecule has 0 heterocycles. The van der Waals surface area contributed by atoms with Crippen molar-refractivity contribution < 1.29 is 9.84 Å². The van der Waals surface area contributed by atoms with Crippen LogP contribution < -0.4 is 10.2 Å². The second kappa shape index (κ2) is 8.12. The first kappa shape index (κ1) is 16.8. The number of benzene rings is 1. The standard InChI is InChI=1S/C16H28N2O2/c1-5-18(12-13-19)15-8-6-14(7-9-15)17-11-10-16(2,3)20-4/h6-9,17,19H,5,10-13H2,1-4H3. The monoisotopic (exact) mass is 280 g/mol. The Balaban J connectivity index is 2.50. The van der Waals surface area contributed by atoms with Crippen LogP contribution in [0.3, 0.4) is 0 Å². The maximum atomic E-state index is 9.03. The van der Waals surface area contributed by atoms with Crippen LogP contribution in [0.15, 0.2) is 24.3 Å². The summed E-state index contributed by atoms with van der Waals surface area (Å²) in [7, 11) is 1.75. The lowest BCUT2D eigenvalue weighted by Gasteiger charge is -2.24. The fourth-order valence-electron chi connectivity index (χ4n) is 1.99. The van der Waals surface area contributed by atoms with Crippen molar-refractivity contribution in [2.75, 3.05) is 43.6 Å². The molecule has 0 fully saturated rings. The van der Waals surface area contributed by atoms with E-state index in [9.17, 15) is 0 Å². The molecule has 0 radical (unpaired) electrons. The first-order valence-electron chi connectivity index (χ1n) is 7.27. The molecule has 1 aromatic rings. The highest BCUT2D eigenvalue weighted by atomic mass is 16.5. The van der Waals surface area contributed by atoms with Gasteiger partial charge in [0.25, 0.3) is 0 Å². The Bertz CT molecular complexity index is 377. The van der Waals surface area contributed by atoms with E-state index in [2.05, 4.69) is 55.3 Å². The van der Waals surface area contributed by atoms with Crippen molar-refractivity contribution in [1.82, 2.24) is 0 Å². The molecule has 0 aliphatic carbocycles. The highest BCUT2D eigenvalue weighted by Crippen LogP contribution is 2.18. The summed E-state index contributed by atoms with van der Waals surface area (Å²) in [6.07, 6.45) is 0.955. The summed E-state index contributed by atoms with van der Waals surface area (Å²) < 4.78 is 5.40. The first-order chi connectivity index (χ1) is 9.52. The Kier molecular flexibility index (Phi) is 6.82. The van der Waals surface area contributed by atoms with Gasteiger partial charge < -0.3 is 20.1 Å². The van der Waals surface area contributed by atoms with E-state index >= 15 is 0 Å². The lowest BCUT2D eigenvalue weighted by molar-refractivity contribution is 0.0185. The minimum absolute atomic E-state index is 0.0902. The van der Waals surface area contributed by atoms with E-state index in [0.29, 0.717) is 6.54 Å². The number of likely N-dealkylation sites (N-methyl/N-ethyl adjacent to an activating group) is 1. The fourth-order valence-corrected chi connectivity index (χ4v) is 1.99. The quantitative estimate of drug-likeness (QED) is 0.730. The van der Waals surface area contributed by atoms with E-state index in [4.69, 9.17) is 9.84 Å². The molecule has 114 valence electrons. The SMILES string of the molecule is CCN(CCO)c1ccc(NCCC(C)(C)OC)cc1. The van der Waals surface area contributed by atoms with E-state index < -0.39 is 0 Å². The van der Waals surface area contributed by atoms with Crippen LogP contribution >= 0.6 is 0 Å². The van der Waals surface area contributed by atoms with Crippen molar-refractivity contribution in [3.8, 4) is 0 Å². The third-order valence-corrected chi connectivity index (χ3v) is 3.59. The molecule has 0 saturated carbocycles. The molecule has 0 saturated heterocycles. The average molecular weight is 280 g/mol. The molecule has 0 aliphatic rings. The van der Waals surface area contributed by atoms with Gasteiger partial charge in [0.2, 0.25) is 0 Å². The largest absolute Gasteiger partial charge is 0.395 e. The maximum absolute atomic E-state index is 9.03. The van der Waals surface area contributed by atoms with E-state index in [1.165, 1.54) is 0 Å². The normalized spacial score (nSPS) is 11.4. The second-order valence-electron chi connectivity index (χ2n) is 5.49. The summed E-state index contributed by atoms with van der Waals surface area (Å²) in [6, 6.07) is 8.33. The van der Waals surface area contributed by atoms with Gasteiger partial charge >= 0.3 is 0 Å². The van der Waals surface area contributed by atoms with Crippen molar-refractivity contribution in [2.24, 2.45) is 0 Å². The Morgan fingerprint density at radius 3 is 2.40 bits per heavy atom. The van der Waals surface area contributed by atoms with Crippen molar-refractivity contribution in [2.45, 2.75) is 32.8 Å². The Hall–Kier alpha value is -1.26. The number of hydrogen-bond donors (Lipinski definition) is 2. The van der Waals surface area contributed by atoms with Crippen LogP contribution in [0.5, 0.6) is 0 Å². The van der Waals surface area contributed by atoms with Crippen LogP contribution in [0.25, 0.3) is 0 Å². The number of hydrogen-bond acceptors (Lipinski definition) is 4. The fraction of sp³-hybridized carbons (Fsp3) is 0.625. The molecule has 0 aliphatic heterocycles. The van der Waals surface area contributed by atoms with Crippen LogP contribution in [0, 0.1) is 0 Å². The summed E-state index contributed by atoms with van der Waals surface area (Å²) in [5.74, 6) is 0. The summed E-state index contributed by atoms with van der Waals surface area (Å²) in [4.78, 5) is 2.15. The summed E-state index contributed by atoms with van der Waals surface area (Å²) in [6.45, 7) is 8.90. The Morgan fingerprint density at radius 2 is 1.90 bits per heavy atom. The lowest BCUT2D eigenvalue weighted by atomic mass is 10.1. The second-order valence-corrected chi connectivity index (χ2v) is 5.49. The predicted octanol–water partition coefficient (Wildman–Crippen LogP) is 2.73. The van der Waals surface area contributed by atoms with Crippen molar-refractivity contribution in [3.05, 3.63) is 24.3 Å². The molecule has 0 aromatic heterocycles. The predicted molar refractivity (Wildman–Crippen MR) is 85.6 cm³/mol. The molecule has 1 aromatic carbocycles. The van der Waals surface area contributed by atoms with Crippen LogP contribution in [0.1, 0.15) is 27.2 Å². The molecule has 0 amide bonds. The minimum Gasteiger partial charge on any atom is -0.395 e. The van der Waals surface area contributed by atoms with Crippen molar-refractivity contribution in [3.63, 3.8) is 0 Å². The Labute approximate surface area is 122 Å². The molecule has 0 bridgehead atoms. The van der Waals surface area contributed by atoms with Gasteiger partial charge in [-0.1, -0.05) is 0 Å². The highest BCUT2D eigenvalue weighted by molar-refractivity contribution is 5.55. The third kappa shape index (κ3) is 5.39. The number of rotatable bonds is 9. The van der Waals surface area contributed by atoms with Gasteiger partial charge in [-0.05, 0) is 51.5 Å². The molecule has 20 heavy (non-hydrogen) atoms. The molecule has 0 spiro atoms. The lowest BCUT2D eigenvalue weighted by Crippen LogP contribution is -2.26. The molecule has 2 N–H and O–H groups in total. The number of aliphatic hydroxyl groups excluding tert-OH is 1. The van der Waals surface area contributed by atoms with Gasteiger partial charge in [0.1, 0.15) is 0 Å². The molecule has 0 unspecified atom stereocenters. The van der Waals surface area contributed by atoms with Gasteiger partial charge in [-0.2, -0.15) is 0 Å². The number of methoxy groups -OCH3 is 1. The van der Waals surface area contributed by atoms with Gasteiger partial charge in [-0.3, -0.25) is 0 Å². The van der Waals surface area contributed by atoms with Crippen molar-refractivity contribution in [1.29, 1.82) is 0 Å². The minimum atomic E-state index is -0.0902. The number of ether oxygens (including phenoxy) is 1. The van der Waals surface area contributed by atoms with Gasteiger partial charge in [-0.15, -0.1) is 0 Å². The van der Waals surface area contributed by atoms with Gasteiger partial charge in [0, 0.05) is 38.1 Å². The zero-order chi connectivity index (χ0) is 15.0. The summed E-state index contributed by atoms with van der Waals surface area (Å²) in [5, 5.41) is 12.4. The zero-order valence-electron chi connectivity index (χ0n) is 13.1. The number of anilines is 2. The molecule has 4 heteroatoms. The topological polar surface area (TPSA) is 44.7 Å².